The predicted octanol–water partition coefficient (Wildman–Crippen LogP) is 1.57. The van der Waals surface area contributed by atoms with Crippen molar-refractivity contribution in [1.29, 1.82) is 0 Å². The summed E-state index contributed by atoms with van der Waals surface area (Å²) in [6.07, 6.45) is 1.78. The van der Waals surface area contributed by atoms with Gasteiger partial charge in [-0.25, -0.2) is 8.42 Å². The summed E-state index contributed by atoms with van der Waals surface area (Å²) in [7, 11) is -3.58. The fourth-order valence-corrected chi connectivity index (χ4v) is 5.71. The van der Waals surface area contributed by atoms with Gasteiger partial charge in [-0.15, -0.1) is 0 Å². The highest BCUT2D eigenvalue weighted by Gasteiger charge is 2.59. The molecule has 0 N–H and O–H groups in total. The number of hydrogen-bond acceptors (Lipinski definition) is 4. The average Bonchev–Trinajstić information content (AvgIpc) is 2.74. The summed E-state index contributed by atoms with van der Waals surface area (Å²) in [5, 5.41) is 0. The van der Waals surface area contributed by atoms with Crippen LogP contribution in [0.5, 0.6) is 0 Å². The number of carbonyl (C=O) groups is 2. The molecule has 24 heavy (non-hydrogen) atoms. The Morgan fingerprint density at radius 3 is 2.38 bits per heavy atom. The third kappa shape index (κ3) is 2.60. The first kappa shape index (κ1) is 17.0. The van der Waals surface area contributed by atoms with E-state index in [0.717, 1.165) is 6.42 Å². The predicted molar refractivity (Wildman–Crippen MR) is 91.2 cm³/mol. The SMILES string of the molecule is CCCC(=O)N1CCC2(CC1)N(c1ccccc1)C(=O)CS2(=O)=O. The molecule has 2 saturated heterocycles. The van der Waals surface area contributed by atoms with Gasteiger partial charge in [-0.2, -0.15) is 0 Å². The Kier molecular flexibility index (Phi) is 4.38. The first-order chi connectivity index (χ1) is 11.4. The number of rotatable bonds is 3. The maximum Gasteiger partial charge on any atom is 0.243 e. The summed E-state index contributed by atoms with van der Waals surface area (Å²) < 4.78 is 25.5. The number of benzene rings is 1. The minimum atomic E-state index is -3.58. The van der Waals surface area contributed by atoms with Crippen LogP contribution >= 0.6 is 0 Å². The lowest BCUT2D eigenvalue weighted by molar-refractivity contribution is -0.132. The number of likely N-dealkylation sites (tertiary alicyclic amines) is 1. The maximum atomic E-state index is 12.8. The molecule has 0 radical (unpaired) electrons. The summed E-state index contributed by atoms with van der Waals surface area (Å²) in [5.74, 6) is -0.778. The number of anilines is 1. The molecule has 3 rings (SSSR count). The summed E-state index contributed by atoms with van der Waals surface area (Å²) >= 11 is 0. The van der Waals surface area contributed by atoms with Crippen LogP contribution in [0.15, 0.2) is 30.3 Å². The number of para-hydroxylation sites is 1. The van der Waals surface area contributed by atoms with Gasteiger partial charge in [-0.1, -0.05) is 25.1 Å². The Balaban J connectivity index is 1.92. The Hall–Kier alpha value is -1.89. The van der Waals surface area contributed by atoms with Gasteiger partial charge in [0.1, 0.15) is 5.75 Å². The number of carbonyl (C=O) groups excluding carboxylic acids is 2. The van der Waals surface area contributed by atoms with Gasteiger partial charge < -0.3 is 4.90 Å². The van der Waals surface area contributed by atoms with Gasteiger partial charge in [0.15, 0.2) is 14.7 Å². The van der Waals surface area contributed by atoms with Crippen molar-refractivity contribution in [2.24, 2.45) is 0 Å². The fraction of sp³-hybridized carbons (Fsp3) is 0.529. The van der Waals surface area contributed by atoms with Gasteiger partial charge in [-0.3, -0.25) is 14.5 Å². The third-order valence-electron chi connectivity index (χ3n) is 4.93. The molecular formula is C17H22N2O4S. The molecule has 130 valence electrons. The normalized spacial score (nSPS) is 22.1. The molecule has 0 aliphatic carbocycles. The van der Waals surface area contributed by atoms with Crippen molar-refractivity contribution in [1.82, 2.24) is 4.90 Å². The zero-order valence-corrected chi connectivity index (χ0v) is 14.6. The van der Waals surface area contributed by atoms with Crippen molar-refractivity contribution in [3.63, 3.8) is 0 Å². The molecule has 2 aliphatic rings. The number of hydrogen-bond donors (Lipinski definition) is 0. The summed E-state index contributed by atoms with van der Waals surface area (Å²) in [5.41, 5.74) is 0.608. The van der Waals surface area contributed by atoms with E-state index in [1.807, 2.05) is 13.0 Å². The molecule has 2 aliphatic heterocycles. The second-order valence-electron chi connectivity index (χ2n) is 6.40. The van der Waals surface area contributed by atoms with Gasteiger partial charge in [0.25, 0.3) is 0 Å². The quantitative estimate of drug-likeness (QED) is 0.829. The van der Waals surface area contributed by atoms with Crippen LogP contribution in [0.1, 0.15) is 32.6 Å². The third-order valence-corrected chi connectivity index (χ3v) is 7.30. The zero-order chi connectivity index (χ0) is 17.4. The minimum Gasteiger partial charge on any atom is -0.342 e. The van der Waals surface area contributed by atoms with Gasteiger partial charge in [0.05, 0.1) is 0 Å². The topological polar surface area (TPSA) is 74.8 Å². The Morgan fingerprint density at radius 1 is 1.17 bits per heavy atom. The molecule has 0 saturated carbocycles. The average molecular weight is 350 g/mol. The Morgan fingerprint density at radius 2 is 1.79 bits per heavy atom. The first-order valence-electron chi connectivity index (χ1n) is 8.29. The molecule has 2 amide bonds. The van der Waals surface area contributed by atoms with E-state index in [1.54, 1.807) is 29.2 Å². The van der Waals surface area contributed by atoms with E-state index in [1.165, 1.54) is 4.90 Å². The number of nitrogens with zero attached hydrogens (tertiary/aromatic N) is 2. The van der Waals surface area contributed by atoms with Crippen molar-refractivity contribution in [3.8, 4) is 0 Å². The molecule has 2 heterocycles. The van der Waals surface area contributed by atoms with Crippen LogP contribution < -0.4 is 4.90 Å². The molecule has 0 unspecified atom stereocenters. The van der Waals surface area contributed by atoms with Crippen molar-refractivity contribution < 1.29 is 18.0 Å². The van der Waals surface area contributed by atoms with E-state index >= 15 is 0 Å². The van der Waals surface area contributed by atoms with Crippen molar-refractivity contribution in [3.05, 3.63) is 30.3 Å². The molecule has 2 fully saturated rings. The van der Waals surface area contributed by atoms with Crippen LogP contribution in [0.3, 0.4) is 0 Å². The smallest absolute Gasteiger partial charge is 0.243 e. The van der Waals surface area contributed by atoms with E-state index in [9.17, 15) is 18.0 Å². The lowest BCUT2D eigenvalue weighted by Gasteiger charge is -2.43. The van der Waals surface area contributed by atoms with Crippen LogP contribution in [0.25, 0.3) is 0 Å². The highest BCUT2D eigenvalue weighted by molar-refractivity contribution is 7.94. The van der Waals surface area contributed by atoms with Crippen LogP contribution in [0.4, 0.5) is 5.69 Å². The molecule has 1 aromatic rings. The molecule has 6 nitrogen and oxygen atoms in total. The highest BCUT2D eigenvalue weighted by atomic mass is 32.2. The van der Waals surface area contributed by atoms with Crippen LogP contribution in [0, 0.1) is 0 Å². The van der Waals surface area contributed by atoms with E-state index < -0.39 is 20.5 Å². The molecule has 0 bridgehead atoms. The number of amides is 2. The molecule has 0 aromatic heterocycles. The monoisotopic (exact) mass is 350 g/mol. The molecule has 0 atom stereocenters. The highest BCUT2D eigenvalue weighted by Crippen LogP contribution is 2.42. The van der Waals surface area contributed by atoms with Crippen LogP contribution in [0.2, 0.25) is 0 Å². The molecule has 7 heteroatoms. The van der Waals surface area contributed by atoms with Crippen LogP contribution in [-0.4, -0.2) is 48.8 Å². The molecular weight excluding hydrogens is 328 g/mol. The zero-order valence-electron chi connectivity index (χ0n) is 13.8. The van der Waals surface area contributed by atoms with Gasteiger partial charge in [0, 0.05) is 38.0 Å². The van der Waals surface area contributed by atoms with E-state index in [-0.39, 0.29) is 24.7 Å². The second kappa shape index (κ2) is 6.20. The van der Waals surface area contributed by atoms with E-state index in [4.69, 9.17) is 0 Å². The fourth-order valence-electron chi connectivity index (χ4n) is 3.70. The lowest BCUT2D eigenvalue weighted by atomic mass is 10.0. The van der Waals surface area contributed by atoms with E-state index in [2.05, 4.69) is 0 Å². The van der Waals surface area contributed by atoms with Crippen molar-refractivity contribution in [2.45, 2.75) is 37.5 Å². The van der Waals surface area contributed by atoms with Crippen LogP contribution in [-0.2, 0) is 19.4 Å². The number of sulfone groups is 1. The number of piperidine rings is 1. The summed E-state index contributed by atoms with van der Waals surface area (Å²) in [4.78, 5) is 26.5. The van der Waals surface area contributed by atoms with Crippen molar-refractivity contribution >= 4 is 27.3 Å². The van der Waals surface area contributed by atoms with Gasteiger partial charge in [-0.05, 0) is 18.6 Å². The van der Waals surface area contributed by atoms with Crippen molar-refractivity contribution in [2.75, 3.05) is 23.7 Å². The molecule has 1 spiro atoms. The summed E-state index contributed by atoms with van der Waals surface area (Å²) in [6.45, 7) is 2.68. The largest absolute Gasteiger partial charge is 0.342 e. The standard InChI is InChI=1S/C17H22N2O4S/c1-2-6-15(20)18-11-9-17(10-12-18)19(14-7-4-3-5-8-14)16(21)13-24(17,22)23/h3-5,7-8H,2,6,9-13H2,1H3. The Bertz CT molecular complexity index is 737. The summed E-state index contributed by atoms with van der Waals surface area (Å²) in [6, 6.07) is 8.93. The first-order valence-corrected chi connectivity index (χ1v) is 9.95. The molecule has 1 aromatic carbocycles. The minimum absolute atomic E-state index is 0.0559. The van der Waals surface area contributed by atoms with Gasteiger partial charge >= 0.3 is 0 Å². The van der Waals surface area contributed by atoms with Gasteiger partial charge in [0.2, 0.25) is 11.8 Å². The Labute approximate surface area is 142 Å². The lowest BCUT2D eigenvalue weighted by Crippen LogP contribution is -2.57. The van der Waals surface area contributed by atoms with E-state index in [0.29, 0.717) is 25.2 Å². The maximum absolute atomic E-state index is 12.8. The second-order valence-corrected chi connectivity index (χ2v) is 8.68.